The fourth-order valence-electron chi connectivity index (χ4n) is 2.14. The highest BCUT2D eigenvalue weighted by molar-refractivity contribution is 5.40. The van der Waals surface area contributed by atoms with Crippen molar-refractivity contribution in [1.82, 2.24) is 0 Å². The highest BCUT2D eigenvalue weighted by atomic mass is 19.1. The zero-order chi connectivity index (χ0) is 14.0. The third-order valence-corrected chi connectivity index (χ3v) is 4.09. The molecule has 18 heavy (non-hydrogen) atoms. The SMILES string of the molecule is CCC(C)(CN)C(C)(O)c1c(F)cccc1OC. The van der Waals surface area contributed by atoms with Crippen molar-refractivity contribution in [3.8, 4) is 5.75 Å². The second-order valence-corrected chi connectivity index (χ2v) is 5.01. The second-order valence-electron chi connectivity index (χ2n) is 5.01. The number of nitrogens with two attached hydrogens (primary N) is 1. The largest absolute Gasteiger partial charge is 0.496 e. The Kier molecular flexibility index (Phi) is 4.35. The molecule has 1 aromatic rings. The maximum atomic E-state index is 14.1. The normalized spacial score (nSPS) is 17.9. The van der Waals surface area contributed by atoms with Crippen molar-refractivity contribution in [3.05, 3.63) is 29.6 Å². The molecule has 0 fully saturated rings. The minimum atomic E-state index is -1.40. The van der Waals surface area contributed by atoms with Gasteiger partial charge in [0.25, 0.3) is 0 Å². The van der Waals surface area contributed by atoms with Crippen LogP contribution in [0, 0.1) is 11.2 Å². The summed E-state index contributed by atoms with van der Waals surface area (Å²) in [5.41, 5.74) is 3.91. The maximum absolute atomic E-state index is 14.1. The zero-order valence-electron chi connectivity index (χ0n) is 11.5. The predicted octanol–water partition coefficient (Wildman–Crippen LogP) is 2.42. The van der Waals surface area contributed by atoms with Gasteiger partial charge in [-0.1, -0.05) is 19.9 Å². The summed E-state index contributed by atoms with van der Waals surface area (Å²) in [6.45, 7) is 5.62. The number of rotatable bonds is 5. The van der Waals surface area contributed by atoms with Crippen LogP contribution in [0.2, 0.25) is 0 Å². The number of hydrogen-bond donors (Lipinski definition) is 2. The van der Waals surface area contributed by atoms with Crippen LogP contribution in [0.3, 0.4) is 0 Å². The van der Waals surface area contributed by atoms with Crippen LogP contribution in [-0.2, 0) is 5.60 Å². The Morgan fingerprint density at radius 1 is 1.39 bits per heavy atom. The first kappa shape index (κ1) is 14.9. The number of aliphatic hydroxyl groups is 1. The van der Waals surface area contributed by atoms with Crippen LogP contribution in [0.15, 0.2) is 18.2 Å². The molecule has 2 atom stereocenters. The van der Waals surface area contributed by atoms with Crippen LogP contribution in [0.25, 0.3) is 0 Å². The molecule has 0 spiro atoms. The summed E-state index contributed by atoms with van der Waals surface area (Å²) in [5, 5.41) is 10.8. The summed E-state index contributed by atoms with van der Waals surface area (Å²) < 4.78 is 19.2. The Labute approximate surface area is 108 Å². The first-order valence-electron chi connectivity index (χ1n) is 6.09. The molecule has 0 saturated carbocycles. The van der Waals surface area contributed by atoms with Crippen molar-refractivity contribution in [2.75, 3.05) is 13.7 Å². The summed E-state index contributed by atoms with van der Waals surface area (Å²) in [7, 11) is 1.46. The molecule has 0 aromatic heterocycles. The van der Waals surface area contributed by atoms with Crippen molar-refractivity contribution in [3.63, 3.8) is 0 Å². The van der Waals surface area contributed by atoms with Gasteiger partial charge in [-0.2, -0.15) is 0 Å². The molecular weight excluding hydrogens is 233 g/mol. The molecule has 0 bridgehead atoms. The van der Waals surface area contributed by atoms with Crippen molar-refractivity contribution in [2.45, 2.75) is 32.8 Å². The van der Waals surface area contributed by atoms with Crippen LogP contribution in [0.5, 0.6) is 5.75 Å². The number of halogens is 1. The van der Waals surface area contributed by atoms with Crippen LogP contribution < -0.4 is 10.5 Å². The first-order valence-corrected chi connectivity index (χ1v) is 6.09. The molecule has 0 aliphatic carbocycles. The quantitative estimate of drug-likeness (QED) is 0.849. The molecule has 102 valence electrons. The number of ether oxygens (including phenoxy) is 1. The lowest BCUT2D eigenvalue weighted by atomic mass is 9.68. The van der Waals surface area contributed by atoms with E-state index < -0.39 is 16.8 Å². The molecule has 0 aliphatic heterocycles. The van der Waals surface area contributed by atoms with E-state index in [0.29, 0.717) is 12.2 Å². The third-order valence-electron chi connectivity index (χ3n) is 4.09. The molecule has 0 aliphatic rings. The zero-order valence-corrected chi connectivity index (χ0v) is 11.5. The van der Waals surface area contributed by atoms with Gasteiger partial charge in [-0.15, -0.1) is 0 Å². The summed E-state index contributed by atoms with van der Waals surface area (Å²) in [6.07, 6.45) is 0.633. The summed E-state index contributed by atoms with van der Waals surface area (Å²) in [5.74, 6) is -0.138. The molecule has 3 nitrogen and oxygen atoms in total. The van der Waals surface area contributed by atoms with Crippen LogP contribution in [-0.4, -0.2) is 18.8 Å². The van der Waals surface area contributed by atoms with E-state index in [2.05, 4.69) is 0 Å². The Hall–Kier alpha value is -1.13. The monoisotopic (exact) mass is 255 g/mol. The highest BCUT2D eigenvalue weighted by Gasteiger charge is 2.45. The standard InChI is InChI=1S/C14H22FNO2/c1-5-13(2,9-16)14(3,17)12-10(15)7-6-8-11(12)18-4/h6-8,17H,5,9,16H2,1-4H3. The third kappa shape index (κ3) is 2.22. The van der Waals surface area contributed by atoms with E-state index in [0.717, 1.165) is 0 Å². The van der Waals surface area contributed by atoms with E-state index in [-0.39, 0.29) is 12.1 Å². The lowest BCUT2D eigenvalue weighted by molar-refractivity contribution is -0.0685. The van der Waals surface area contributed by atoms with Gasteiger partial charge in [0.05, 0.1) is 18.3 Å². The van der Waals surface area contributed by atoms with Gasteiger partial charge in [0.15, 0.2) is 0 Å². The van der Waals surface area contributed by atoms with Gasteiger partial charge in [-0.25, -0.2) is 4.39 Å². The summed E-state index contributed by atoms with van der Waals surface area (Å²) in [6, 6.07) is 4.51. The maximum Gasteiger partial charge on any atom is 0.133 e. The summed E-state index contributed by atoms with van der Waals surface area (Å²) in [4.78, 5) is 0. The van der Waals surface area contributed by atoms with Crippen molar-refractivity contribution < 1.29 is 14.2 Å². The molecule has 3 N–H and O–H groups in total. The first-order chi connectivity index (χ1) is 8.34. The predicted molar refractivity (Wildman–Crippen MR) is 70.0 cm³/mol. The average Bonchev–Trinajstić information content (AvgIpc) is 2.36. The molecule has 0 radical (unpaired) electrons. The Bertz CT molecular complexity index is 414. The van der Waals surface area contributed by atoms with E-state index >= 15 is 0 Å². The van der Waals surface area contributed by atoms with Gasteiger partial charge in [-0.3, -0.25) is 0 Å². The lowest BCUT2D eigenvalue weighted by Crippen LogP contribution is -2.46. The van der Waals surface area contributed by atoms with Gasteiger partial charge < -0.3 is 15.6 Å². The second kappa shape index (κ2) is 5.24. The highest BCUT2D eigenvalue weighted by Crippen LogP contribution is 2.45. The van der Waals surface area contributed by atoms with Crippen molar-refractivity contribution in [1.29, 1.82) is 0 Å². The van der Waals surface area contributed by atoms with E-state index in [1.54, 1.807) is 19.1 Å². The molecule has 0 saturated heterocycles. The van der Waals surface area contributed by atoms with Gasteiger partial charge in [0.1, 0.15) is 11.6 Å². The lowest BCUT2D eigenvalue weighted by Gasteiger charge is -2.42. The molecule has 0 amide bonds. The fourth-order valence-corrected chi connectivity index (χ4v) is 2.14. The van der Waals surface area contributed by atoms with Gasteiger partial charge in [0, 0.05) is 12.0 Å². The molecule has 0 heterocycles. The number of benzene rings is 1. The van der Waals surface area contributed by atoms with Crippen molar-refractivity contribution in [2.24, 2.45) is 11.1 Å². The minimum Gasteiger partial charge on any atom is -0.496 e. The van der Waals surface area contributed by atoms with Gasteiger partial charge >= 0.3 is 0 Å². The van der Waals surface area contributed by atoms with Crippen LogP contribution in [0.4, 0.5) is 4.39 Å². The van der Waals surface area contributed by atoms with E-state index in [9.17, 15) is 9.50 Å². The molecule has 2 unspecified atom stereocenters. The number of methoxy groups -OCH3 is 1. The molecule has 1 rings (SSSR count). The van der Waals surface area contributed by atoms with E-state index in [1.807, 2.05) is 13.8 Å². The minimum absolute atomic E-state index is 0.169. The Morgan fingerprint density at radius 2 is 2.00 bits per heavy atom. The number of hydrogen-bond acceptors (Lipinski definition) is 3. The summed E-state index contributed by atoms with van der Waals surface area (Å²) >= 11 is 0. The molecular formula is C14H22FNO2. The van der Waals surface area contributed by atoms with E-state index in [4.69, 9.17) is 10.5 Å². The average molecular weight is 255 g/mol. The Balaban J connectivity index is 3.44. The topological polar surface area (TPSA) is 55.5 Å². The van der Waals surface area contributed by atoms with Gasteiger partial charge in [-0.05, 0) is 25.5 Å². The van der Waals surface area contributed by atoms with Gasteiger partial charge in [0.2, 0.25) is 0 Å². The van der Waals surface area contributed by atoms with Crippen LogP contribution in [0.1, 0.15) is 32.8 Å². The molecule has 1 aromatic carbocycles. The molecule has 4 heteroatoms. The smallest absolute Gasteiger partial charge is 0.133 e. The Morgan fingerprint density at radius 3 is 2.44 bits per heavy atom. The van der Waals surface area contributed by atoms with E-state index in [1.165, 1.54) is 13.2 Å². The van der Waals surface area contributed by atoms with Crippen LogP contribution >= 0.6 is 0 Å². The fraction of sp³-hybridized carbons (Fsp3) is 0.571. The van der Waals surface area contributed by atoms with Crippen molar-refractivity contribution >= 4 is 0 Å².